The molecule has 4 nitrogen and oxygen atoms in total. The fraction of sp³-hybridized carbons (Fsp3) is 0.200. The van der Waals surface area contributed by atoms with E-state index in [1.807, 2.05) is 5.32 Å². The molecule has 0 aromatic rings. The number of carbonyl (C=O) groups excluding carboxylic acids is 1. The molecule has 0 rings (SSSR count). The lowest BCUT2D eigenvalue weighted by atomic mass is 10.5. The molecule has 52 valence electrons. The van der Waals surface area contributed by atoms with Crippen LogP contribution in [0.1, 0.15) is 7.43 Å². The highest BCUT2D eigenvalue weighted by Crippen LogP contribution is 1.77. The maximum atomic E-state index is 9.77. The van der Waals surface area contributed by atoms with Gasteiger partial charge in [-0.3, -0.25) is 4.79 Å². The van der Waals surface area contributed by atoms with Gasteiger partial charge < -0.3 is 10.4 Å². The molecule has 0 bridgehead atoms. The van der Waals surface area contributed by atoms with Crippen molar-refractivity contribution >= 4 is 12.4 Å². The third kappa shape index (κ3) is 4.53. The van der Waals surface area contributed by atoms with Gasteiger partial charge in [0.15, 0.2) is 0 Å². The van der Waals surface area contributed by atoms with Gasteiger partial charge in [-0.2, -0.15) is 0 Å². The number of nitrogens with one attached hydrogen (secondary N) is 1. The van der Waals surface area contributed by atoms with Gasteiger partial charge in [-0.1, -0.05) is 14.0 Å². The van der Waals surface area contributed by atoms with Crippen molar-refractivity contribution in [3.63, 3.8) is 0 Å². The highest BCUT2D eigenvalue weighted by molar-refractivity contribution is 5.87. The summed E-state index contributed by atoms with van der Waals surface area (Å²) in [6.07, 6.45) is 0.260. The van der Waals surface area contributed by atoms with E-state index in [4.69, 9.17) is 5.11 Å². The third-order valence-electron chi connectivity index (χ3n) is 0.491. The maximum absolute atomic E-state index is 9.77. The summed E-state index contributed by atoms with van der Waals surface area (Å²) < 4.78 is 0. The molecule has 0 aliphatic rings. The summed E-state index contributed by atoms with van der Waals surface area (Å²) in [4.78, 5) is 19.3. The normalized spacial score (nSPS) is 6.67. The Kier molecular flexibility index (Phi) is 5.70. The summed E-state index contributed by atoms with van der Waals surface area (Å²) in [5.74, 6) is -1.22. The summed E-state index contributed by atoms with van der Waals surface area (Å²) >= 11 is 0. The lowest BCUT2D eigenvalue weighted by Gasteiger charge is -1.91. The zero-order valence-electron chi connectivity index (χ0n) is 4.05. The Bertz CT molecular complexity index is 130. The summed E-state index contributed by atoms with van der Waals surface area (Å²) in [5, 5.41) is 9.86. The van der Waals surface area contributed by atoms with Crippen LogP contribution in [0.4, 0.5) is 0 Å². The van der Waals surface area contributed by atoms with Crippen LogP contribution in [0.3, 0.4) is 0 Å². The maximum Gasteiger partial charge on any atom is 0.351 e. The minimum Gasteiger partial charge on any atom is -0.477 e. The predicted molar refractivity (Wildman–Crippen MR) is 32.7 cm³/mol. The zero-order valence-corrected chi connectivity index (χ0v) is 4.05. The van der Waals surface area contributed by atoms with E-state index in [1.54, 1.807) is 0 Å². The molecule has 0 atom stereocenters. The Morgan fingerprint density at radius 3 is 2.22 bits per heavy atom. The van der Waals surface area contributed by atoms with Gasteiger partial charge in [-0.05, 0) is 0 Å². The predicted octanol–water partition coefficient (Wildman–Crippen LogP) is -0.0332. The first-order valence-corrected chi connectivity index (χ1v) is 1.81. The van der Waals surface area contributed by atoms with E-state index in [1.165, 1.54) is 0 Å². The van der Waals surface area contributed by atoms with Crippen molar-refractivity contribution in [1.29, 1.82) is 0 Å². The van der Waals surface area contributed by atoms with E-state index in [2.05, 4.69) is 6.58 Å². The third-order valence-corrected chi connectivity index (χ3v) is 0.491. The Balaban J connectivity index is 0. The van der Waals surface area contributed by atoms with E-state index >= 15 is 0 Å². The molecule has 9 heavy (non-hydrogen) atoms. The van der Waals surface area contributed by atoms with Crippen molar-refractivity contribution in [3.8, 4) is 0 Å². The number of carboxylic acid groups (broad SMARTS) is 1. The molecule has 0 saturated carbocycles. The average Bonchev–Trinajstić information content (AvgIpc) is 1.67. The Labute approximate surface area is 53.2 Å². The number of carbonyl (C=O) groups is 2. The lowest BCUT2D eigenvalue weighted by Crippen LogP contribution is -2.16. The first kappa shape index (κ1) is 10.6. The molecule has 0 heterocycles. The van der Waals surface area contributed by atoms with E-state index in [0.29, 0.717) is 0 Å². The van der Waals surface area contributed by atoms with E-state index < -0.39 is 5.97 Å². The number of hydrogen-bond acceptors (Lipinski definition) is 2. The number of amides is 1. The van der Waals surface area contributed by atoms with Gasteiger partial charge in [-0.15, -0.1) is 0 Å². The Morgan fingerprint density at radius 2 is 2.11 bits per heavy atom. The van der Waals surface area contributed by atoms with Crippen LogP contribution in [0.5, 0.6) is 0 Å². The second kappa shape index (κ2) is 4.83. The van der Waals surface area contributed by atoms with Gasteiger partial charge in [-0.25, -0.2) is 4.79 Å². The van der Waals surface area contributed by atoms with Crippen LogP contribution < -0.4 is 5.32 Å². The van der Waals surface area contributed by atoms with Gasteiger partial charge in [0.2, 0.25) is 6.41 Å². The lowest BCUT2D eigenvalue weighted by molar-refractivity contribution is -0.133. The number of rotatable bonds is 3. The summed E-state index contributed by atoms with van der Waals surface area (Å²) in [6, 6.07) is 0. The summed E-state index contributed by atoms with van der Waals surface area (Å²) in [5.41, 5.74) is -0.319. The highest BCUT2D eigenvalue weighted by Gasteiger charge is 1.98. The molecular formula is C5H9NO3. The Morgan fingerprint density at radius 1 is 1.67 bits per heavy atom. The van der Waals surface area contributed by atoms with E-state index in [9.17, 15) is 9.59 Å². The largest absolute Gasteiger partial charge is 0.477 e. The van der Waals surface area contributed by atoms with Crippen LogP contribution in [0, 0.1) is 0 Å². The van der Waals surface area contributed by atoms with Crippen LogP contribution >= 0.6 is 0 Å². The molecule has 0 unspecified atom stereocenters. The zero-order chi connectivity index (χ0) is 6.57. The van der Waals surface area contributed by atoms with Crippen molar-refractivity contribution in [3.05, 3.63) is 12.3 Å². The summed E-state index contributed by atoms with van der Waals surface area (Å²) in [7, 11) is 0. The van der Waals surface area contributed by atoms with Gasteiger partial charge in [0.25, 0.3) is 0 Å². The SMILES string of the molecule is C.C=C(NC=O)C(=O)O. The van der Waals surface area contributed by atoms with Gasteiger partial charge >= 0.3 is 5.97 Å². The van der Waals surface area contributed by atoms with Crippen LogP contribution in [0.2, 0.25) is 0 Å². The molecule has 0 aromatic carbocycles. The van der Waals surface area contributed by atoms with Gasteiger partial charge in [0.05, 0.1) is 0 Å². The molecule has 0 saturated heterocycles. The summed E-state index contributed by atoms with van der Waals surface area (Å²) in [6.45, 7) is 3.00. The van der Waals surface area contributed by atoms with Gasteiger partial charge in [0, 0.05) is 0 Å². The quantitative estimate of drug-likeness (QED) is 0.417. The van der Waals surface area contributed by atoms with E-state index in [-0.39, 0.29) is 19.5 Å². The van der Waals surface area contributed by atoms with Crippen LogP contribution in [0.15, 0.2) is 12.3 Å². The molecule has 1 amide bonds. The van der Waals surface area contributed by atoms with Crippen molar-refractivity contribution in [2.24, 2.45) is 0 Å². The van der Waals surface area contributed by atoms with Crippen molar-refractivity contribution in [1.82, 2.24) is 5.32 Å². The molecule has 0 aromatic heterocycles. The molecule has 0 radical (unpaired) electrons. The smallest absolute Gasteiger partial charge is 0.351 e. The fourth-order valence-corrected chi connectivity index (χ4v) is 0.133. The first-order chi connectivity index (χ1) is 3.68. The van der Waals surface area contributed by atoms with Crippen LogP contribution in [-0.2, 0) is 9.59 Å². The molecule has 0 spiro atoms. The molecule has 2 N–H and O–H groups in total. The second-order valence-corrected chi connectivity index (χ2v) is 1.05. The van der Waals surface area contributed by atoms with Crippen LogP contribution in [-0.4, -0.2) is 17.5 Å². The monoisotopic (exact) mass is 131 g/mol. The fourth-order valence-electron chi connectivity index (χ4n) is 0.133. The Hall–Kier alpha value is -1.32. The second-order valence-electron chi connectivity index (χ2n) is 1.05. The first-order valence-electron chi connectivity index (χ1n) is 1.81. The standard InChI is InChI=1S/C4H5NO3.CH4/c1-3(4(7)8)5-2-6;/h2H,1H2,(H,5,6)(H,7,8);1H4. The minimum atomic E-state index is -1.22. The van der Waals surface area contributed by atoms with Crippen LogP contribution in [0.25, 0.3) is 0 Å². The number of carboxylic acids is 1. The molecule has 0 fully saturated rings. The topological polar surface area (TPSA) is 66.4 Å². The molecular weight excluding hydrogens is 122 g/mol. The van der Waals surface area contributed by atoms with E-state index in [0.717, 1.165) is 0 Å². The van der Waals surface area contributed by atoms with Crippen molar-refractivity contribution in [2.45, 2.75) is 7.43 Å². The highest BCUT2D eigenvalue weighted by atomic mass is 16.4. The molecule has 0 aliphatic heterocycles. The number of aliphatic carboxylic acids is 1. The molecule has 4 heteroatoms. The number of hydrogen-bond donors (Lipinski definition) is 2. The molecule has 0 aliphatic carbocycles. The van der Waals surface area contributed by atoms with Crippen molar-refractivity contribution < 1.29 is 14.7 Å². The minimum absolute atomic E-state index is 0. The van der Waals surface area contributed by atoms with Gasteiger partial charge in [0.1, 0.15) is 5.70 Å². The van der Waals surface area contributed by atoms with Crippen molar-refractivity contribution in [2.75, 3.05) is 0 Å². The average molecular weight is 131 g/mol.